The van der Waals surface area contributed by atoms with Gasteiger partial charge in [-0.15, -0.1) is 0 Å². The molecule has 0 aromatic carbocycles. The Morgan fingerprint density at radius 1 is 0.447 bits per heavy atom. The number of allylic oxidation sites excluding steroid dienone is 3. The molecule has 3 atom stereocenters. The maximum atomic E-state index is 13.5. The highest BCUT2D eigenvalue weighted by Gasteiger charge is 2.27. The molecule has 3 unspecified atom stereocenters. The predicted molar refractivity (Wildman–Crippen MR) is 326 cm³/mol. The number of hydrogen-bond donors (Lipinski definition) is 1. The van der Waals surface area contributed by atoms with Crippen molar-refractivity contribution in [3.05, 3.63) is 24.3 Å². The van der Waals surface area contributed by atoms with Gasteiger partial charge < -0.3 is 28.5 Å². The maximum Gasteiger partial charge on any atom is 0.306 e. The first-order valence-electron chi connectivity index (χ1n) is 33.1. The van der Waals surface area contributed by atoms with Crippen LogP contribution in [-0.2, 0) is 27.9 Å². The minimum absolute atomic E-state index is 0.0201. The van der Waals surface area contributed by atoms with Crippen LogP contribution < -0.4 is 10.2 Å². The molecule has 76 heavy (non-hydrogen) atoms. The molecule has 9 nitrogen and oxygen atoms in total. The van der Waals surface area contributed by atoms with Crippen LogP contribution in [0.5, 0.6) is 0 Å². The lowest BCUT2D eigenvalue weighted by Crippen LogP contribution is -2.47. The van der Waals surface area contributed by atoms with E-state index < -0.39 is 20.0 Å². The summed E-state index contributed by atoms with van der Waals surface area (Å²) < 4.78 is 30.3. The molecule has 0 radical (unpaired) electrons. The van der Waals surface area contributed by atoms with E-state index in [0.717, 1.165) is 83.5 Å². The number of carbonyl (C=O) groups is 2. The van der Waals surface area contributed by atoms with Crippen molar-refractivity contribution in [2.45, 2.75) is 348 Å². The van der Waals surface area contributed by atoms with E-state index in [4.69, 9.17) is 13.8 Å². The molecule has 0 heterocycles. The summed E-state index contributed by atoms with van der Waals surface area (Å²) in [5.74, 6) is -0.536. The van der Waals surface area contributed by atoms with Crippen molar-refractivity contribution >= 4 is 19.7 Å². The smallest absolute Gasteiger partial charge is 0.306 e. The Balaban J connectivity index is 4.91. The number of quaternary nitrogens is 1. The number of phosphoric acid groups is 1. The molecule has 0 bridgehead atoms. The molecule has 0 aromatic heterocycles. The van der Waals surface area contributed by atoms with Gasteiger partial charge in [-0.2, -0.15) is 0 Å². The van der Waals surface area contributed by atoms with Crippen LogP contribution in [-0.4, -0.2) is 69.4 Å². The van der Waals surface area contributed by atoms with Gasteiger partial charge in [0.15, 0.2) is 0 Å². The predicted octanol–water partition coefficient (Wildman–Crippen LogP) is 19.9. The molecular weight excluding hydrogens is 964 g/mol. The van der Waals surface area contributed by atoms with Crippen LogP contribution in [0.25, 0.3) is 0 Å². The van der Waals surface area contributed by atoms with Gasteiger partial charge in [-0.3, -0.25) is 14.2 Å². The summed E-state index contributed by atoms with van der Waals surface area (Å²) in [6, 6.07) is -0.885. The Hall–Kier alpha value is -1.51. The number of carbonyl (C=O) groups excluding carboxylic acids is 2. The lowest BCUT2D eigenvalue weighted by molar-refractivity contribution is -0.870. The van der Waals surface area contributed by atoms with Gasteiger partial charge in [0.25, 0.3) is 7.82 Å². The van der Waals surface area contributed by atoms with Crippen LogP contribution in [0, 0.1) is 0 Å². The average molecular weight is 1090 g/mol. The first kappa shape index (κ1) is 74.5. The molecule has 0 aliphatic heterocycles. The normalized spacial score (nSPS) is 13.7. The Labute approximate surface area is 473 Å². The van der Waals surface area contributed by atoms with Crippen LogP contribution in [0.3, 0.4) is 0 Å². The first-order valence-corrected chi connectivity index (χ1v) is 34.6. The van der Waals surface area contributed by atoms with E-state index in [2.05, 4.69) is 38.2 Å². The third-order valence-electron chi connectivity index (χ3n) is 15.1. The van der Waals surface area contributed by atoms with Crippen LogP contribution in [0.2, 0.25) is 0 Å². The van der Waals surface area contributed by atoms with Crippen LogP contribution in [0.4, 0.5) is 0 Å². The lowest BCUT2D eigenvalue weighted by atomic mass is 10.0. The second-order valence-corrected chi connectivity index (χ2v) is 25.4. The number of rotatable bonds is 61. The number of nitrogens with zero attached hydrogens (tertiary/aromatic N) is 1. The summed E-state index contributed by atoms with van der Waals surface area (Å²) in [6.07, 6.45) is 67.4. The molecule has 0 aromatic rings. The van der Waals surface area contributed by atoms with Crippen molar-refractivity contribution in [1.82, 2.24) is 5.32 Å². The molecule has 0 spiro atoms. The quantitative estimate of drug-likeness (QED) is 0.0212. The fraction of sp³-hybridized carbons (Fsp3) is 0.909. The molecule has 0 aliphatic rings. The number of nitrogens with one attached hydrogen (secondary N) is 1. The van der Waals surface area contributed by atoms with Gasteiger partial charge >= 0.3 is 5.97 Å². The standard InChI is InChI=1S/C66H129N2O7P/c1-7-10-13-16-19-22-25-27-28-29-30-31-32-33-34-35-36-37-38-39-40-41-44-46-49-52-55-58-65(69)67-63(62-74-76(71,72)73-61-60-68(4,5)6)64(57-54-51-48-45-43-26-23-20-17-14-11-8-2)75-66(70)59-56-53-50-47-42-24-21-18-15-12-9-3/h18,21,54,57,63-64H,7-17,19-20,22-53,55-56,58-62H2,1-6H3,(H-,67,69,71,72)/b21-18-,57-54-. The van der Waals surface area contributed by atoms with E-state index in [1.807, 2.05) is 33.3 Å². The summed E-state index contributed by atoms with van der Waals surface area (Å²) in [4.78, 5) is 39.9. The Morgan fingerprint density at radius 3 is 1.16 bits per heavy atom. The van der Waals surface area contributed by atoms with E-state index in [1.165, 1.54) is 218 Å². The van der Waals surface area contributed by atoms with Gasteiger partial charge in [0.2, 0.25) is 5.91 Å². The van der Waals surface area contributed by atoms with Gasteiger partial charge in [0, 0.05) is 12.8 Å². The molecule has 0 saturated carbocycles. The zero-order chi connectivity index (χ0) is 55.7. The minimum Gasteiger partial charge on any atom is -0.756 e. The van der Waals surface area contributed by atoms with Gasteiger partial charge in [-0.1, -0.05) is 296 Å². The van der Waals surface area contributed by atoms with Crippen molar-refractivity contribution in [2.75, 3.05) is 40.9 Å². The monoisotopic (exact) mass is 1090 g/mol. The Bertz CT molecular complexity index is 1350. The fourth-order valence-corrected chi connectivity index (χ4v) is 10.7. The maximum absolute atomic E-state index is 13.5. The number of esters is 1. The lowest BCUT2D eigenvalue weighted by Gasteiger charge is -2.30. The average Bonchev–Trinajstić information content (AvgIpc) is 3.38. The minimum atomic E-state index is -4.69. The number of likely N-dealkylation sites (N-methyl/N-ethyl adjacent to an activating group) is 1. The van der Waals surface area contributed by atoms with Gasteiger partial charge in [0.05, 0.1) is 33.8 Å². The van der Waals surface area contributed by atoms with Crippen molar-refractivity contribution in [3.8, 4) is 0 Å². The molecule has 10 heteroatoms. The first-order chi connectivity index (χ1) is 36.9. The molecular formula is C66H129N2O7P. The van der Waals surface area contributed by atoms with E-state index >= 15 is 0 Å². The summed E-state index contributed by atoms with van der Waals surface area (Å²) >= 11 is 0. The van der Waals surface area contributed by atoms with Crippen LogP contribution >= 0.6 is 7.82 Å². The van der Waals surface area contributed by atoms with E-state index in [-0.39, 0.29) is 31.5 Å². The number of phosphoric ester groups is 1. The van der Waals surface area contributed by atoms with Gasteiger partial charge in [0.1, 0.15) is 19.3 Å². The molecule has 0 fully saturated rings. The van der Waals surface area contributed by atoms with Crippen molar-refractivity contribution in [2.24, 2.45) is 0 Å². The van der Waals surface area contributed by atoms with Crippen molar-refractivity contribution in [3.63, 3.8) is 0 Å². The fourth-order valence-electron chi connectivity index (χ4n) is 9.98. The van der Waals surface area contributed by atoms with E-state index in [1.54, 1.807) is 0 Å². The van der Waals surface area contributed by atoms with E-state index in [9.17, 15) is 19.0 Å². The summed E-state index contributed by atoms with van der Waals surface area (Å²) in [5, 5.41) is 3.03. The summed E-state index contributed by atoms with van der Waals surface area (Å²) in [5.41, 5.74) is 0. The van der Waals surface area contributed by atoms with Crippen LogP contribution in [0.15, 0.2) is 24.3 Å². The summed E-state index contributed by atoms with van der Waals surface area (Å²) in [7, 11) is 1.20. The molecule has 450 valence electrons. The number of amides is 1. The van der Waals surface area contributed by atoms with Crippen molar-refractivity contribution in [1.29, 1.82) is 0 Å². The zero-order valence-corrected chi connectivity index (χ0v) is 52.4. The van der Waals surface area contributed by atoms with Gasteiger partial charge in [-0.05, 0) is 51.0 Å². The SMILES string of the molecule is CCCC/C=C\CCCCCCCC(=O)OC(/C=C\CCCCCCCCCCCC)C(COP(=O)([O-])OCC[N+](C)(C)C)NC(=O)CCCCCCCCCCCCCCCCCCCCCCCCCCCCC. The number of ether oxygens (including phenoxy) is 1. The highest BCUT2D eigenvalue weighted by molar-refractivity contribution is 7.45. The highest BCUT2D eigenvalue weighted by Crippen LogP contribution is 2.38. The van der Waals surface area contributed by atoms with Crippen LogP contribution in [0.1, 0.15) is 335 Å². The molecule has 1 amide bonds. The second-order valence-electron chi connectivity index (χ2n) is 24.0. The second kappa shape index (κ2) is 56.8. The van der Waals surface area contributed by atoms with Crippen molar-refractivity contribution < 1.29 is 37.3 Å². The molecule has 1 N–H and O–H groups in total. The van der Waals surface area contributed by atoms with E-state index in [0.29, 0.717) is 17.4 Å². The Kier molecular flexibility index (Phi) is 55.6. The van der Waals surface area contributed by atoms with Gasteiger partial charge in [-0.25, -0.2) is 0 Å². The molecule has 0 aliphatic carbocycles. The third-order valence-corrected chi connectivity index (χ3v) is 16.1. The highest BCUT2D eigenvalue weighted by atomic mass is 31.2. The third kappa shape index (κ3) is 57.2. The molecule has 0 saturated heterocycles. The largest absolute Gasteiger partial charge is 0.756 e. The Morgan fingerprint density at radius 2 is 0.776 bits per heavy atom. The summed E-state index contributed by atoms with van der Waals surface area (Å²) in [6.45, 7) is 6.84. The topological polar surface area (TPSA) is 114 Å². The zero-order valence-electron chi connectivity index (χ0n) is 51.5. The number of hydrogen-bond acceptors (Lipinski definition) is 7. The number of unbranched alkanes of at least 4 members (excludes halogenated alkanes) is 43. The molecule has 0 rings (SSSR count).